The second-order valence-electron chi connectivity index (χ2n) is 2.71. The Hall–Kier alpha value is -1.63. The van der Waals surface area contributed by atoms with Crippen LogP contribution >= 0.6 is 15.9 Å². The van der Waals surface area contributed by atoms with Gasteiger partial charge in [-0.05, 0) is 22.0 Å². The van der Waals surface area contributed by atoms with E-state index in [0.717, 1.165) is 0 Å². The number of nitrogens with zero attached hydrogens (tertiary/aromatic N) is 1. The lowest BCUT2D eigenvalue weighted by molar-refractivity contribution is -0.385. The summed E-state index contributed by atoms with van der Waals surface area (Å²) < 4.78 is 9.63. The SMILES string of the molecule is COC(=O)COc1cccc([N+](=O)[O-])c1Br. The first kappa shape index (κ1) is 12.4. The van der Waals surface area contributed by atoms with Crippen molar-refractivity contribution in [1.29, 1.82) is 0 Å². The maximum Gasteiger partial charge on any atom is 0.343 e. The highest BCUT2D eigenvalue weighted by Gasteiger charge is 2.16. The van der Waals surface area contributed by atoms with Crippen molar-refractivity contribution in [2.24, 2.45) is 0 Å². The van der Waals surface area contributed by atoms with Gasteiger partial charge in [0, 0.05) is 6.07 Å². The van der Waals surface area contributed by atoms with E-state index in [1.54, 1.807) is 0 Å². The second-order valence-corrected chi connectivity index (χ2v) is 3.50. The average molecular weight is 290 g/mol. The maximum atomic E-state index is 10.8. The van der Waals surface area contributed by atoms with Crippen molar-refractivity contribution in [1.82, 2.24) is 0 Å². The highest BCUT2D eigenvalue weighted by molar-refractivity contribution is 9.10. The Bertz CT molecular complexity index is 420. The normalized spacial score (nSPS) is 9.62. The van der Waals surface area contributed by atoms with E-state index in [-0.39, 0.29) is 22.5 Å². The molecule has 7 heteroatoms. The zero-order valence-corrected chi connectivity index (χ0v) is 9.89. The molecule has 0 radical (unpaired) electrons. The number of hydrogen-bond acceptors (Lipinski definition) is 5. The zero-order valence-electron chi connectivity index (χ0n) is 8.31. The number of halogens is 1. The number of ether oxygens (including phenoxy) is 2. The molecule has 0 amide bonds. The molecule has 0 fully saturated rings. The molecule has 0 aromatic heterocycles. The number of rotatable bonds is 4. The third kappa shape index (κ3) is 2.93. The van der Waals surface area contributed by atoms with Gasteiger partial charge in [-0.3, -0.25) is 10.1 Å². The average Bonchev–Trinajstić information content (AvgIpc) is 2.26. The summed E-state index contributed by atoms with van der Waals surface area (Å²) in [4.78, 5) is 20.9. The van der Waals surface area contributed by atoms with E-state index in [2.05, 4.69) is 20.7 Å². The fourth-order valence-electron chi connectivity index (χ4n) is 0.947. The summed E-state index contributed by atoms with van der Waals surface area (Å²) in [5.74, 6) is -0.335. The summed E-state index contributed by atoms with van der Waals surface area (Å²) in [5.41, 5.74) is -0.123. The van der Waals surface area contributed by atoms with Gasteiger partial charge in [0.2, 0.25) is 0 Å². The van der Waals surface area contributed by atoms with Gasteiger partial charge in [-0.2, -0.15) is 0 Å². The minimum absolute atomic E-state index is 0.123. The number of carbonyl (C=O) groups excluding carboxylic acids is 1. The van der Waals surface area contributed by atoms with Crippen molar-refractivity contribution >= 4 is 27.6 Å². The largest absolute Gasteiger partial charge is 0.480 e. The number of nitro benzene ring substituents is 1. The molecule has 0 saturated carbocycles. The molecule has 86 valence electrons. The van der Waals surface area contributed by atoms with Crippen molar-refractivity contribution in [2.45, 2.75) is 0 Å². The van der Waals surface area contributed by atoms with Gasteiger partial charge < -0.3 is 9.47 Å². The predicted molar refractivity (Wildman–Crippen MR) is 58.3 cm³/mol. The summed E-state index contributed by atoms with van der Waals surface area (Å²) in [5, 5.41) is 10.6. The second kappa shape index (κ2) is 5.45. The van der Waals surface area contributed by atoms with Crippen molar-refractivity contribution < 1.29 is 19.2 Å². The molecule has 6 nitrogen and oxygen atoms in total. The minimum Gasteiger partial charge on any atom is -0.480 e. The fourth-order valence-corrected chi connectivity index (χ4v) is 1.47. The van der Waals surface area contributed by atoms with Crippen LogP contribution in [-0.2, 0) is 9.53 Å². The molecule has 0 aliphatic rings. The lowest BCUT2D eigenvalue weighted by atomic mass is 10.3. The topological polar surface area (TPSA) is 78.7 Å². The Balaban J connectivity index is 2.85. The molecule has 0 aliphatic heterocycles. The van der Waals surface area contributed by atoms with E-state index < -0.39 is 10.9 Å². The van der Waals surface area contributed by atoms with Crippen LogP contribution in [-0.4, -0.2) is 24.6 Å². The number of carbonyl (C=O) groups is 1. The smallest absolute Gasteiger partial charge is 0.343 e. The molecule has 16 heavy (non-hydrogen) atoms. The standard InChI is InChI=1S/C9H8BrNO5/c1-15-8(12)5-16-7-4-2-3-6(9(7)10)11(13)14/h2-4H,5H2,1H3. The van der Waals surface area contributed by atoms with Gasteiger partial charge in [0.1, 0.15) is 10.2 Å². The van der Waals surface area contributed by atoms with Crippen LogP contribution in [0.3, 0.4) is 0 Å². The van der Waals surface area contributed by atoms with Crippen LogP contribution < -0.4 is 4.74 Å². The Morgan fingerprint density at radius 1 is 1.56 bits per heavy atom. The molecular weight excluding hydrogens is 282 g/mol. The molecule has 0 bridgehead atoms. The molecule has 0 atom stereocenters. The van der Waals surface area contributed by atoms with Gasteiger partial charge in [-0.1, -0.05) is 6.07 Å². The van der Waals surface area contributed by atoms with Crippen LogP contribution in [0, 0.1) is 10.1 Å². The molecule has 0 heterocycles. The van der Waals surface area contributed by atoms with Crippen LogP contribution in [0.2, 0.25) is 0 Å². The van der Waals surface area contributed by atoms with E-state index in [4.69, 9.17) is 4.74 Å². The van der Waals surface area contributed by atoms with Crippen LogP contribution in [0.4, 0.5) is 5.69 Å². The molecule has 0 spiro atoms. The molecule has 0 unspecified atom stereocenters. The minimum atomic E-state index is -0.557. The summed E-state index contributed by atoms with van der Waals surface area (Å²) in [6, 6.07) is 4.31. The first-order valence-corrected chi connectivity index (χ1v) is 4.98. The van der Waals surface area contributed by atoms with Crippen molar-refractivity contribution in [3.05, 3.63) is 32.8 Å². The number of benzene rings is 1. The molecule has 1 rings (SSSR count). The van der Waals surface area contributed by atoms with Gasteiger partial charge in [0.25, 0.3) is 5.69 Å². The quantitative estimate of drug-likeness (QED) is 0.481. The van der Waals surface area contributed by atoms with Gasteiger partial charge >= 0.3 is 5.97 Å². The monoisotopic (exact) mass is 289 g/mol. The predicted octanol–water partition coefficient (Wildman–Crippen LogP) is 1.91. The van der Waals surface area contributed by atoms with Crippen molar-refractivity contribution in [3.8, 4) is 5.75 Å². The maximum absolute atomic E-state index is 10.8. The highest BCUT2D eigenvalue weighted by Crippen LogP contribution is 2.33. The number of methoxy groups -OCH3 is 1. The first-order chi connectivity index (χ1) is 7.56. The first-order valence-electron chi connectivity index (χ1n) is 4.18. The molecule has 0 N–H and O–H groups in total. The van der Waals surface area contributed by atoms with Gasteiger partial charge in [-0.25, -0.2) is 4.79 Å². The van der Waals surface area contributed by atoms with E-state index in [9.17, 15) is 14.9 Å². The van der Waals surface area contributed by atoms with E-state index >= 15 is 0 Å². The van der Waals surface area contributed by atoms with Crippen molar-refractivity contribution in [2.75, 3.05) is 13.7 Å². The van der Waals surface area contributed by atoms with Gasteiger partial charge in [0.15, 0.2) is 6.61 Å². The molecule has 1 aromatic rings. The van der Waals surface area contributed by atoms with Crippen LogP contribution in [0.5, 0.6) is 5.75 Å². The zero-order chi connectivity index (χ0) is 12.1. The van der Waals surface area contributed by atoms with E-state index in [1.165, 1.54) is 25.3 Å². The number of esters is 1. The molecule has 1 aromatic carbocycles. The Kier molecular flexibility index (Phi) is 4.24. The molecule has 0 saturated heterocycles. The third-order valence-electron chi connectivity index (χ3n) is 1.71. The lowest BCUT2D eigenvalue weighted by Crippen LogP contribution is -2.12. The van der Waals surface area contributed by atoms with Crippen LogP contribution in [0.25, 0.3) is 0 Å². The number of hydrogen-bond donors (Lipinski definition) is 0. The number of nitro groups is 1. The summed E-state index contributed by atoms with van der Waals surface area (Å²) in [6.45, 7) is -0.295. The summed E-state index contributed by atoms with van der Waals surface area (Å²) in [6.07, 6.45) is 0. The molecule has 0 aliphatic carbocycles. The van der Waals surface area contributed by atoms with Gasteiger partial charge in [-0.15, -0.1) is 0 Å². The van der Waals surface area contributed by atoms with Gasteiger partial charge in [0.05, 0.1) is 12.0 Å². The highest BCUT2D eigenvalue weighted by atomic mass is 79.9. The summed E-state index contributed by atoms with van der Waals surface area (Å²) in [7, 11) is 1.23. The lowest BCUT2D eigenvalue weighted by Gasteiger charge is -2.06. The Labute approximate surface area is 99.4 Å². The van der Waals surface area contributed by atoms with E-state index in [1.807, 2.05) is 0 Å². The van der Waals surface area contributed by atoms with Crippen LogP contribution in [0.15, 0.2) is 22.7 Å². The fraction of sp³-hybridized carbons (Fsp3) is 0.222. The third-order valence-corrected chi connectivity index (χ3v) is 2.51. The van der Waals surface area contributed by atoms with E-state index in [0.29, 0.717) is 0 Å². The van der Waals surface area contributed by atoms with Crippen molar-refractivity contribution in [3.63, 3.8) is 0 Å². The summed E-state index contributed by atoms with van der Waals surface area (Å²) >= 11 is 3.04. The molecular formula is C9H8BrNO5. The Morgan fingerprint density at radius 2 is 2.25 bits per heavy atom. The van der Waals surface area contributed by atoms with Crippen LogP contribution in [0.1, 0.15) is 0 Å². The Morgan fingerprint density at radius 3 is 2.81 bits per heavy atom.